The van der Waals surface area contributed by atoms with Crippen LogP contribution >= 0.6 is 0 Å². The monoisotopic (exact) mass is 511 g/mol. The number of rotatable bonds is 8. The molecule has 0 bridgehead atoms. The van der Waals surface area contributed by atoms with Crippen molar-refractivity contribution in [1.29, 1.82) is 0 Å². The first kappa shape index (κ1) is 25.8. The molecule has 2 fully saturated rings. The molecule has 1 aliphatic carbocycles. The molecule has 1 aromatic heterocycles. The molecule has 4 rings (SSSR count). The summed E-state index contributed by atoms with van der Waals surface area (Å²) in [6, 6.07) is 4.25. The summed E-state index contributed by atoms with van der Waals surface area (Å²) in [6.45, 7) is 7.82. The van der Waals surface area contributed by atoms with Gasteiger partial charge in [0.05, 0.1) is 19.2 Å². The van der Waals surface area contributed by atoms with Gasteiger partial charge in [-0.05, 0) is 25.7 Å². The predicted octanol–water partition coefficient (Wildman–Crippen LogP) is 3.11. The number of hydrogen-bond donors (Lipinski definition) is 3. The average molecular weight is 512 g/mol. The van der Waals surface area contributed by atoms with Crippen LogP contribution in [-0.2, 0) is 9.53 Å². The highest BCUT2D eigenvalue weighted by Gasteiger charge is 2.33. The van der Waals surface area contributed by atoms with Crippen LogP contribution in [0.25, 0.3) is 4.85 Å². The van der Waals surface area contributed by atoms with Gasteiger partial charge in [0.2, 0.25) is 6.04 Å². The molecule has 37 heavy (non-hydrogen) atoms. The van der Waals surface area contributed by atoms with Gasteiger partial charge in [-0.1, -0.05) is 0 Å². The zero-order valence-corrected chi connectivity index (χ0v) is 20.4. The Morgan fingerprint density at radius 1 is 1.32 bits per heavy atom. The molecule has 1 aromatic carbocycles. The number of amides is 2. The molecule has 2 aliphatic rings. The lowest BCUT2D eigenvalue weighted by atomic mass is 10.0. The summed E-state index contributed by atoms with van der Waals surface area (Å²) < 4.78 is 16.2. The summed E-state index contributed by atoms with van der Waals surface area (Å²) in [5.41, 5.74) is 0.736. The van der Waals surface area contributed by atoms with Gasteiger partial charge in [-0.2, -0.15) is 5.10 Å². The van der Waals surface area contributed by atoms with Crippen LogP contribution in [0.1, 0.15) is 54.1 Å². The second-order valence-electron chi connectivity index (χ2n) is 9.11. The zero-order valence-electron chi connectivity index (χ0n) is 20.4. The SMILES string of the molecule is [C-]#[N+][C@H]1CCCN(C(=O)O[C@@H]2CC[C@H](c3cc(NC(=O)COc4cc(OC)cc(O)c4C=O)n[nH]3)C2)C1. The number of phenols is 1. The standard InChI is InChI=1S/C25H29N5O7/c1-26-16-4-3-7-30(12-16)25(34)37-17-6-5-15(8-17)20-11-23(29-28-20)27-24(33)14-36-22-10-18(35-2)9-21(32)19(22)13-31/h9-11,13,15-17,32H,3-8,12,14H2,2H3,(H2,27,28,29,33)/t15-,16-,17+/m0/s1. The van der Waals surface area contributed by atoms with Crippen LogP contribution in [0, 0.1) is 6.57 Å². The van der Waals surface area contributed by atoms with Crippen LogP contribution in [0.15, 0.2) is 18.2 Å². The fraction of sp³-hybridized carbons (Fsp3) is 0.480. The van der Waals surface area contributed by atoms with Crippen molar-refractivity contribution in [3.63, 3.8) is 0 Å². The number of benzene rings is 1. The van der Waals surface area contributed by atoms with E-state index in [1.165, 1.54) is 19.2 Å². The number of carbonyl (C=O) groups excluding carboxylic acids is 3. The number of ether oxygens (including phenoxy) is 3. The van der Waals surface area contributed by atoms with Crippen molar-refractivity contribution < 1.29 is 33.7 Å². The zero-order chi connectivity index (χ0) is 26.4. The third kappa shape index (κ3) is 6.30. The van der Waals surface area contributed by atoms with E-state index in [9.17, 15) is 19.5 Å². The summed E-state index contributed by atoms with van der Waals surface area (Å²) >= 11 is 0. The van der Waals surface area contributed by atoms with Crippen molar-refractivity contribution in [3.05, 3.63) is 40.9 Å². The fourth-order valence-electron chi connectivity index (χ4n) is 4.65. The van der Waals surface area contributed by atoms with Gasteiger partial charge in [0.15, 0.2) is 18.7 Å². The average Bonchev–Trinajstić information content (AvgIpc) is 3.56. The van der Waals surface area contributed by atoms with Gasteiger partial charge in [-0.25, -0.2) is 11.4 Å². The lowest BCUT2D eigenvalue weighted by Crippen LogP contribution is -2.42. The van der Waals surface area contributed by atoms with E-state index in [0.29, 0.717) is 31.6 Å². The van der Waals surface area contributed by atoms with Crippen molar-refractivity contribution in [1.82, 2.24) is 15.1 Å². The maximum atomic E-state index is 12.5. The lowest BCUT2D eigenvalue weighted by Gasteiger charge is -2.27. The number of piperidine rings is 1. The maximum Gasteiger partial charge on any atom is 0.410 e. The second kappa shape index (κ2) is 11.6. The van der Waals surface area contributed by atoms with E-state index in [1.807, 2.05) is 0 Å². The number of anilines is 1. The van der Waals surface area contributed by atoms with E-state index in [0.717, 1.165) is 31.4 Å². The Balaban J connectivity index is 1.26. The molecule has 1 aliphatic heterocycles. The van der Waals surface area contributed by atoms with Gasteiger partial charge in [-0.15, -0.1) is 0 Å². The number of likely N-dealkylation sites (tertiary alicyclic amines) is 1. The van der Waals surface area contributed by atoms with Crippen LogP contribution in [0.3, 0.4) is 0 Å². The third-order valence-electron chi connectivity index (χ3n) is 6.60. The van der Waals surface area contributed by atoms with Crippen LogP contribution in [-0.4, -0.2) is 77.4 Å². The minimum absolute atomic E-state index is 0.0189. The third-order valence-corrected chi connectivity index (χ3v) is 6.60. The number of H-pyrrole nitrogens is 1. The molecule has 12 heteroatoms. The molecule has 0 spiro atoms. The van der Waals surface area contributed by atoms with Crippen LogP contribution < -0.4 is 14.8 Å². The van der Waals surface area contributed by atoms with E-state index >= 15 is 0 Å². The Labute approximate surface area is 213 Å². The highest BCUT2D eigenvalue weighted by Crippen LogP contribution is 2.36. The minimum atomic E-state index is -0.505. The second-order valence-corrected chi connectivity index (χ2v) is 9.11. The number of methoxy groups -OCH3 is 1. The molecule has 1 saturated heterocycles. The van der Waals surface area contributed by atoms with E-state index in [1.54, 1.807) is 11.0 Å². The molecule has 0 unspecified atom stereocenters. The van der Waals surface area contributed by atoms with Crippen molar-refractivity contribution >= 4 is 24.1 Å². The Morgan fingerprint density at radius 2 is 2.16 bits per heavy atom. The smallest absolute Gasteiger partial charge is 0.410 e. The maximum absolute atomic E-state index is 12.5. The van der Waals surface area contributed by atoms with Crippen LogP contribution in [0.4, 0.5) is 10.6 Å². The Bertz CT molecular complexity index is 1190. The number of carbonyl (C=O) groups is 3. The van der Waals surface area contributed by atoms with Crippen molar-refractivity contribution in [2.45, 2.75) is 50.2 Å². The number of aldehydes is 1. The molecule has 2 heterocycles. The summed E-state index contributed by atoms with van der Waals surface area (Å²) in [7, 11) is 1.40. The number of aromatic amines is 1. The van der Waals surface area contributed by atoms with Crippen LogP contribution in [0.5, 0.6) is 17.2 Å². The molecule has 196 valence electrons. The minimum Gasteiger partial charge on any atom is -0.507 e. The van der Waals surface area contributed by atoms with E-state index in [-0.39, 0.29) is 47.0 Å². The number of nitrogens with one attached hydrogen (secondary N) is 2. The topological polar surface area (TPSA) is 147 Å². The molecule has 0 radical (unpaired) electrons. The van der Waals surface area contributed by atoms with Crippen LogP contribution in [0.2, 0.25) is 0 Å². The van der Waals surface area contributed by atoms with Gasteiger partial charge in [0.1, 0.15) is 23.4 Å². The first-order chi connectivity index (χ1) is 17.9. The van der Waals surface area contributed by atoms with E-state index in [2.05, 4.69) is 20.4 Å². The largest absolute Gasteiger partial charge is 0.507 e. The van der Waals surface area contributed by atoms with Crippen molar-refractivity contribution in [3.8, 4) is 17.2 Å². The Hall–Kier alpha value is -4.27. The normalized spacial score (nSPS) is 21.1. The number of nitrogens with zero attached hydrogens (tertiary/aromatic N) is 3. The highest BCUT2D eigenvalue weighted by atomic mass is 16.6. The molecular formula is C25H29N5O7. The van der Waals surface area contributed by atoms with Crippen molar-refractivity contribution in [2.24, 2.45) is 0 Å². The fourth-order valence-corrected chi connectivity index (χ4v) is 4.65. The van der Waals surface area contributed by atoms with Gasteiger partial charge in [0, 0.05) is 42.8 Å². The van der Waals surface area contributed by atoms with E-state index < -0.39 is 12.5 Å². The van der Waals surface area contributed by atoms with Gasteiger partial charge < -0.3 is 34.4 Å². The molecular weight excluding hydrogens is 482 g/mol. The number of aromatic hydroxyl groups is 1. The summed E-state index contributed by atoms with van der Waals surface area (Å²) in [5, 5.41) is 19.6. The van der Waals surface area contributed by atoms with Gasteiger partial charge in [-0.3, -0.25) is 14.7 Å². The highest BCUT2D eigenvalue weighted by molar-refractivity contribution is 5.91. The molecule has 1 saturated carbocycles. The summed E-state index contributed by atoms with van der Waals surface area (Å²) in [6.07, 6.45) is 3.64. The Kier molecular flexibility index (Phi) is 8.12. The quantitative estimate of drug-likeness (QED) is 0.362. The number of aromatic nitrogens is 2. The number of hydrogen-bond acceptors (Lipinski definition) is 8. The first-order valence-corrected chi connectivity index (χ1v) is 12.1. The van der Waals surface area contributed by atoms with Gasteiger partial charge >= 0.3 is 6.09 Å². The first-order valence-electron chi connectivity index (χ1n) is 12.1. The summed E-state index contributed by atoms with van der Waals surface area (Å²) in [5.74, 6) is -0.114. The molecule has 3 atom stereocenters. The van der Waals surface area contributed by atoms with Gasteiger partial charge in [0.25, 0.3) is 5.91 Å². The lowest BCUT2D eigenvalue weighted by molar-refractivity contribution is -0.118. The molecule has 2 aromatic rings. The number of phenolic OH excluding ortho intramolecular Hbond substituents is 1. The summed E-state index contributed by atoms with van der Waals surface area (Å²) in [4.78, 5) is 41.3. The molecule has 12 nitrogen and oxygen atoms in total. The molecule has 2 amide bonds. The predicted molar refractivity (Wildman–Crippen MR) is 131 cm³/mol. The van der Waals surface area contributed by atoms with E-state index in [4.69, 9.17) is 20.8 Å². The Morgan fingerprint density at radius 3 is 2.92 bits per heavy atom. The molecule has 3 N–H and O–H groups in total. The van der Waals surface area contributed by atoms with Crippen molar-refractivity contribution in [2.75, 3.05) is 32.1 Å².